The van der Waals surface area contributed by atoms with Gasteiger partial charge >= 0.3 is 0 Å². The molecular weight excluding hydrogens is 165 g/mol. The molecule has 0 fully saturated rings. The maximum atomic E-state index is 8.23. The molecule has 0 aliphatic carbocycles. The topological polar surface area (TPSA) is 36.7 Å². The molecule has 0 aromatic carbocycles. The number of rotatable bonds is 0. The maximum absolute atomic E-state index is 8.23. The van der Waals surface area contributed by atoms with Crippen molar-refractivity contribution in [3.8, 4) is 6.07 Å². The first-order valence-corrected chi connectivity index (χ1v) is 2.24. The van der Waals surface area contributed by atoms with Crippen molar-refractivity contribution in [3.63, 3.8) is 0 Å². The van der Waals surface area contributed by atoms with E-state index < -0.39 is 0 Å². The second-order valence-electron chi connectivity index (χ2n) is 1.33. The summed E-state index contributed by atoms with van der Waals surface area (Å²) in [6, 6.07) is 7.14. The van der Waals surface area contributed by atoms with Crippen molar-refractivity contribution >= 4 is 0 Å². The Labute approximate surface area is 66.3 Å². The van der Waals surface area contributed by atoms with Gasteiger partial charge in [0.05, 0.1) is 0 Å². The van der Waals surface area contributed by atoms with Gasteiger partial charge in [0, 0.05) is 25.7 Å². The van der Waals surface area contributed by atoms with Crippen LogP contribution in [0.5, 0.6) is 0 Å². The van der Waals surface area contributed by atoms with E-state index in [4.69, 9.17) is 5.26 Å². The molecule has 0 saturated carbocycles. The van der Waals surface area contributed by atoms with Gasteiger partial charge in [0.2, 0.25) is 0 Å². The largest absolute Gasteiger partial charge is 0.246 e. The molecule has 0 unspecified atom stereocenters. The van der Waals surface area contributed by atoms with Crippen LogP contribution in [-0.2, 0) is 19.5 Å². The summed E-state index contributed by atoms with van der Waals surface area (Å²) in [6.07, 6.45) is 1.60. The van der Waals surface area contributed by atoms with Crippen molar-refractivity contribution in [3.05, 3.63) is 30.1 Å². The van der Waals surface area contributed by atoms with E-state index >= 15 is 0 Å². The average molecular weight is 170 g/mol. The molecule has 0 atom stereocenters. The quantitative estimate of drug-likeness (QED) is 0.542. The van der Waals surface area contributed by atoms with Crippen molar-refractivity contribution in [2.24, 2.45) is 0 Å². The molecule has 0 radical (unpaired) electrons. The van der Waals surface area contributed by atoms with E-state index in [1.165, 1.54) is 0 Å². The van der Waals surface area contributed by atoms with Crippen LogP contribution in [0.3, 0.4) is 0 Å². The van der Waals surface area contributed by atoms with Gasteiger partial charge in [-0.3, -0.25) is 0 Å². The van der Waals surface area contributed by atoms with Gasteiger partial charge in [-0.15, -0.1) is 0 Å². The zero-order chi connectivity index (χ0) is 5.82. The van der Waals surface area contributed by atoms with Crippen LogP contribution < -0.4 is 0 Å². The Bertz CT molecular complexity index is 202. The van der Waals surface area contributed by atoms with Gasteiger partial charge in [-0.25, -0.2) is 4.98 Å². The summed E-state index contributed by atoms with van der Waals surface area (Å²) < 4.78 is 0. The van der Waals surface area contributed by atoms with E-state index in [0.717, 1.165) is 0 Å². The Balaban J connectivity index is 0.000000640. The van der Waals surface area contributed by atoms with Crippen LogP contribution in [0.2, 0.25) is 0 Å². The first-order chi connectivity index (χ1) is 3.93. The summed E-state index contributed by atoms with van der Waals surface area (Å²) in [5.74, 6) is 0. The van der Waals surface area contributed by atoms with E-state index in [9.17, 15) is 0 Å². The van der Waals surface area contributed by atoms with Crippen LogP contribution in [0.15, 0.2) is 24.4 Å². The minimum absolute atomic E-state index is 0. The number of nitriles is 1. The predicted molar refractivity (Wildman–Crippen MR) is 29.0 cm³/mol. The first kappa shape index (κ1) is 8.26. The first-order valence-electron chi connectivity index (χ1n) is 2.24. The van der Waals surface area contributed by atoms with Gasteiger partial charge in [0.15, 0.2) is 0 Å². The van der Waals surface area contributed by atoms with Crippen molar-refractivity contribution in [1.29, 1.82) is 5.26 Å². The third-order valence-corrected chi connectivity index (χ3v) is 0.779. The normalized spacial score (nSPS) is 7.00. The smallest absolute Gasteiger partial charge is 0.140 e. The third-order valence-electron chi connectivity index (χ3n) is 0.779. The summed E-state index contributed by atoms with van der Waals surface area (Å²) in [4.78, 5) is 3.74. The SMILES string of the molecule is N#Cc1ccccn1.[Zn]. The molecule has 2 nitrogen and oxygen atoms in total. The summed E-state index contributed by atoms with van der Waals surface area (Å²) >= 11 is 0. The van der Waals surface area contributed by atoms with Crippen LogP contribution >= 0.6 is 0 Å². The number of pyridine rings is 1. The number of hydrogen-bond acceptors (Lipinski definition) is 2. The number of aromatic nitrogens is 1. The Morgan fingerprint density at radius 2 is 2.22 bits per heavy atom. The van der Waals surface area contributed by atoms with Gasteiger partial charge in [-0.1, -0.05) is 6.07 Å². The van der Waals surface area contributed by atoms with E-state index in [-0.39, 0.29) is 19.5 Å². The number of nitrogens with zero attached hydrogens (tertiary/aromatic N) is 2. The fourth-order valence-corrected chi connectivity index (χ4v) is 0.429. The van der Waals surface area contributed by atoms with E-state index in [0.29, 0.717) is 5.69 Å². The molecule has 1 heterocycles. The van der Waals surface area contributed by atoms with Crippen molar-refractivity contribution < 1.29 is 19.5 Å². The van der Waals surface area contributed by atoms with Gasteiger partial charge in [0.1, 0.15) is 11.8 Å². The standard InChI is InChI=1S/C6H4N2.Zn/c7-5-6-3-1-2-4-8-6;/h1-4H;. The molecule has 9 heavy (non-hydrogen) atoms. The van der Waals surface area contributed by atoms with Crippen LogP contribution in [0, 0.1) is 11.3 Å². The molecule has 1 rings (SSSR count). The van der Waals surface area contributed by atoms with Gasteiger partial charge < -0.3 is 0 Å². The van der Waals surface area contributed by atoms with Crippen LogP contribution in [0.4, 0.5) is 0 Å². The molecule has 0 amide bonds. The van der Waals surface area contributed by atoms with Crippen LogP contribution in [0.25, 0.3) is 0 Å². The Hall–Kier alpha value is -0.737. The molecule has 1 aromatic rings. The van der Waals surface area contributed by atoms with Crippen LogP contribution in [-0.4, -0.2) is 4.98 Å². The maximum Gasteiger partial charge on any atom is 0.140 e. The molecule has 0 spiro atoms. The molecule has 0 saturated heterocycles. The second kappa shape index (κ2) is 4.17. The monoisotopic (exact) mass is 168 g/mol. The second-order valence-corrected chi connectivity index (χ2v) is 1.33. The zero-order valence-electron chi connectivity index (χ0n) is 4.91. The van der Waals surface area contributed by atoms with E-state index in [2.05, 4.69) is 4.98 Å². The van der Waals surface area contributed by atoms with E-state index in [1.807, 2.05) is 6.07 Å². The minimum Gasteiger partial charge on any atom is -0.246 e. The summed E-state index contributed by atoms with van der Waals surface area (Å²) in [6.45, 7) is 0. The summed E-state index contributed by atoms with van der Waals surface area (Å²) in [5, 5.41) is 8.23. The van der Waals surface area contributed by atoms with Crippen LogP contribution in [0.1, 0.15) is 5.69 Å². The van der Waals surface area contributed by atoms with Crippen molar-refractivity contribution in [2.45, 2.75) is 0 Å². The Morgan fingerprint density at radius 1 is 1.44 bits per heavy atom. The average Bonchev–Trinajstić information content (AvgIpc) is 1.90. The molecular formula is C6H4N2Zn. The molecule has 0 N–H and O–H groups in total. The van der Waals surface area contributed by atoms with Gasteiger partial charge in [-0.05, 0) is 12.1 Å². The summed E-state index contributed by atoms with van der Waals surface area (Å²) in [7, 11) is 0. The Morgan fingerprint density at radius 3 is 2.56 bits per heavy atom. The molecule has 1 aromatic heterocycles. The van der Waals surface area contributed by atoms with Crippen molar-refractivity contribution in [2.75, 3.05) is 0 Å². The van der Waals surface area contributed by atoms with Gasteiger partial charge in [0.25, 0.3) is 0 Å². The molecule has 0 aliphatic heterocycles. The predicted octanol–water partition coefficient (Wildman–Crippen LogP) is 0.951. The third kappa shape index (κ3) is 2.34. The molecule has 0 aliphatic rings. The minimum atomic E-state index is 0. The van der Waals surface area contributed by atoms with E-state index in [1.54, 1.807) is 24.4 Å². The van der Waals surface area contributed by atoms with Crippen molar-refractivity contribution in [1.82, 2.24) is 4.98 Å². The Kier molecular flexibility index (Phi) is 3.83. The zero-order valence-corrected chi connectivity index (χ0v) is 7.88. The molecule has 40 valence electrons. The summed E-state index contributed by atoms with van der Waals surface area (Å²) in [5.41, 5.74) is 0.465. The van der Waals surface area contributed by atoms with Gasteiger partial charge in [-0.2, -0.15) is 5.26 Å². The fourth-order valence-electron chi connectivity index (χ4n) is 0.429. The molecule has 3 heteroatoms. The number of hydrogen-bond donors (Lipinski definition) is 0. The fraction of sp³-hybridized carbons (Fsp3) is 0. The molecule has 0 bridgehead atoms.